The lowest BCUT2D eigenvalue weighted by molar-refractivity contribution is 0.0475. The molecule has 1 aliphatic carbocycles. The Morgan fingerprint density at radius 2 is 1.63 bits per heavy atom. The Morgan fingerprint density at radius 3 is 2.45 bits per heavy atom. The minimum atomic E-state index is -0.300. The average molecular weight is 500 g/mol. The predicted octanol–water partition coefficient (Wildman–Crippen LogP) is 7.88. The van der Waals surface area contributed by atoms with E-state index in [2.05, 4.69) is 31.2 Å². The number of pyridine rings is 1. The average Bonchev–Trinajstić information content (AvgIpc) is 2.95. The van der Waals surface area contributed by atoms with Crippen LogP contribution in [-0.4, -0.2) is 18.1 Å². The lowest BCUT2D eigenvalue weighted by atomic mass is 9.80. The quantitative estimate of drug-likeness (QED) is 0.231. The molecule has 0 radical (unpaired) electrons. The van der Waals surface area contributed by atoms with Gasteiger partial charge >= 0.3 is 5.97 Å². The molecule has 0 saturated carbocycles. The topological polar surface area (TPSA) is 48.4 Å². The number of methoxy groups -OCH3 is 1. The molecule has 0 spiro atoms. The van der Waals surface area contributed by atoms with E-state index in [9.17, 15) is 4.79 Å². The number of carbonyl (C=O) groups is 1. The van der Waals surface area contributed by atoms with Crippen molar-refractivity contribution in [1.29, 1.82) is 0 Å². The first-order valence-electron chi connectivity index (χ1n) is 13.0. The van der Waals surface area contributed by atoms with E-state index in [4.69, 9.17) is 14.5 Å². The van der Waals surface area contributed by atoms with Crippen LogP contribution in [-0.2, 0) is 17.8 Å². The Morgan fingerprint density at radius 1 is 0.895 bits per heavy atom. The van der Waals surface area contributed by atoms with Crippen molar-refractivity contribution in [2.75, 3.05) is 7.11 Å². The molecular weight excluding hydrogens is 470 g/mol. The second kappa shape index (κ2) is 10.1. The summed E-state index contributed by atoms with van der Waals surface area (Å²) in [5.74, 6) is 0.898. The van der Waals surface area contributed by atoms with Gasteiger partial charge in [0.15, 0.2) is 0 Å². The molecule has 0 fully saturated rings. The fourth-order valence-electron chi connectivity index (χ4n) is 5.50. The predicted molar refractivity (Wildman–Crippen MR) is 153 cm³/mol. The number of benzene rings is 4. The highest BCUT2D eigenvalue weighted by atomic mass is 16.5. The minimum absolute atomic E-state index is 0.218. The lowest BCUT2D eigenvalue weighted by Gasteiger charge is -2.26. The number of carbonyl (C=O) groups excluding carboxylic acids is 1. The van der Waals surface area contributed by atoms with Crippen molar-refractivity contribution >= 4 is 39.3 Å². The van der Waals surface area contributed by atoms with Crippen LogP contribution in [0.25, 0.3) is 33.3 Å². The van der Waals surface area contributed by atoms with Crippen LogP contribution >= 0.6 is 0 Å². The van der Waals surface area contributed by atoms with Crippen LogP contribution < -0.4 is 4.74 Å². The maximum atomic E-state index is 13.8. The molecule has 6 rings (SSSR count). The molecule has 1 aromatic heterocycles. The third-order valence-electron chi connectivity index (χ3n) is 7.32. The first-order chi connectivity index (χ1) is 18.6. The van der Waals surface area contributed by atoms with Gasteiger partial charge in [-0.1, -0.05) is 79.7 Å². The number of ether oxygens (including phenoxy) is 2. The molecule has 0 saturated heterocycles. The van der Waals surface area contributed by atoms with Crippen LogP contribution in [0, 0.1) is 5.92 Å². The molecule has 1 atom stereocenters. The minimum Gasteiger partial charge on any atom is -0.497 e. The van der Waals surface area contributed by atoms with E-state index < -0.39 is 0 Å². The zero-order valence-corrected chi connectivity index (χ0v) is 21.6. The van der Waals surface area contributed by atoms with Gasteiger partial charge in [-0.3, -0.25) is 0 Å². The van der Waals surface area contributed by atoms with Crippen molar-refractivity contribution in [3.05, 3.63) is 119 Å². The summed E-state index contributed by atoms with van der Waals surface area (Å²) in [5, 5.41) is 3.07. The summed E-state index contributed by atoms with van der Waals surface area (Å²) in [5.41, 5.74) is 6.53. The summed E-state index contributed by atoms with van der Waals surface area (Å²) in [6.45, 7) is 2.45. The molecule has 0 N–H and O–H groups in total. The van der Waals surface area contributed by atoms with Crippen LogP contribution in [0.1, 0.15) is 46.1 Å². The molecule has 4 aromatic carbocycles. The number of nitrogens with zero attached hydrogens (tertiary/aromatic N) is 1. The van der Waals surface area contributed by atoms with E-state index in [1.54, 1.807) is 7.11 Å². The van der Waals surface area contributed by atoms with Crippen LogP contribution in [0.5, 0.6) is 5.75 Å². The molecule has 188 valence electrons. The zero-order chi connectivity index (χ0) is 26.1. The van der Waals surface area contributed by atoms with E-state index in [-0.39, 0.29) is 12.6 Å². The van der Waals surface area contributed by atoms with Crippen molar-refractivity contribution in [2.45, 2.75) is 26.4 Å². The van der Waals surface area contributed by atoms with E-state index in [1.165, 1.54) is 0 Å². The lowest BCUT2D eigenvalue weighted by Crippen LogP contribution is -2.19. The van der Waals surface area contributed by atoms with Gasteiger partial charge in [-0.25, -0.2) is 9.78 Å². The molecule has 4 nitrogen and oxygen atoms in total. The Labute approximate surface area is 222 Å². The monoisotopic (exact) mass is 499 g/mol. The van der Waals surface area contributed by atoms with Gasteiger partial charge in [0.05, 0.1) is 23.9 Å². The smallest absolute Gasteiger partial charge is 0.339 e. The van der Waals surface area contributed by atoms with Crippen LogP contribution in [0.15, 0.2) is 91.0 Å². The van der Waals surface area contributed by atoms with Crippen molar-refractivity contribution in [3.8, 4) is 5.75 Å². The van der Waals surface area contributed by atoms with Gasteiger partial charge in [-0.2, -0.15) is 0 Å². The van der Waals surface area contributed by atoms with E-state index in [1.807, 2.05) is 72.8 Å². The zero-order valence-electron chi connectivity index (χ0n) is 21.6. The summed E-state index contributed by atoms with van der Waals surface area (Å²) in [6, 6.07) is 30.2. The van der Waals surface area contributed by atoms with Crippen molar-refractivity contribution in [2.24, 2.45) is 5.92 Å². The van der Waals surface area contributed by atoms with Crippen molar-refractivity contribution < 1.29 is 14.3 Å². The van der Waals surface area contributed by atoms with Crippen LogP contribution in [0.2, 0.25) is 0 Å². The number of rotatable bonds is 5. The Balaban J connectivity index is 1.42. The fraction of sp³-hybridized carbons (Fsp3) is 0.176. The second-order valence-electron chi connectivity index (χ2n) is 10.0. The number of fused-ring (bicyclic) bond motifs is 3. The van der Waals surface area contributed by atoms with Gasteiger partial charge < -0.3 is 9.47 Å². The number of hydrogen-bond donors (Lipinski definition) is 0. The van der Waals surface area contributed by atoms with E-state index >= 15 is 0 Å². The third-order valence-corrected chi connectivity index (χ3v) is 7.32. The second-order valence-corrected chi connectivity index (χ2v) is 10.0. The molecule has 1 heterocycles. The molecule has 0 bridgehead atoms. The summed E-state index contributed by atoms with van der Waals surface area (Å²) in [4.78, 5) is 18.9. The van der Waals surface area contributed by atoms with Crippen molar-refractivity contribution in [3.63, 3.8) is 0 Å². The number of allylic oxidation sites excluding steroid dienone is 1. The highest BCUT2D eigenvalue weighted by Crippen LogP contribution is 2.39. The van der Waals surface area contributed by atoms with Gasteiger partial charge in [-0.15, -0.1) is 0 Å². The summed E-state index contributed by atoms with van der Waals surface area (Å²) >= 11 is 0. The van der Waals surface area contributed by atoms with Gasteiger partial charge in [0.2, 0.25) is 0 Å². The van der Waals surface area contributed by atoms with E-state index in [0.717, 1.165) is 68.2 Å². The van der Waals surface area contributed by atoms with Crippen LogP contribution in [0.4, 0.5) is 0 Å². The summed E-state index contributed by atoms with van der Waals surface area (Å²) < 4.78 is 11.3. The number of para-hydroxylation sites is 1. The van der Waals surface area contributed by atoms with E-state index in [0.29, 0.717) is 11.5 Å². The molecule has 4 heteroatoms. The molecule has 0 aliphatic heterocycles. The molecule has 38 heavy (non-hydrogen) atoms. The first-order valence-corrected chi connectivity index (χ1v) is 13.0. The first kappa shape index (κ1) is 23.9. The normalized spacial score (nSPS) is 15.9. The number of hydrogen-bond acceptors (Lipinski definition) is 4. The number of esters is 1. The molecule has 1 aliphatic rings. The summed E-state index contributed by atoms with van der Waals surface area (Å²) in [7, 11) is 1.67. The standard InChI is InChI=1S/C34H29NO3/c1-22-18-26(20-23-14-16-27(37-2)17-15-23)33-30(19-22)32(29-12-5-6-13-31(29)35-33)34(36)38-21-25-10-7-9-24-8-3-4-11-28(24)25/h3-17,20,22H,18-19,21H2,1-2H3. The summed E-state index contributed by atoms with van der Waals surface area (Å²) in [6.07, 6.45) is 3.86. The molecular formula is C34H29NO3. The number of aromatic nitrogens is 1. The van der Waals surface area contributed by atoms with Crippen molar-refractivity contribution in [1.82, 2.24) is 4.98 Å². The highest BCUT2D eigenvalue weighted by Gasteiger charge is 2.29. The van der Waals surface area contributed by atoms with Gasteiger partial charge in [0.1, 0.15) is 12.4 Å². The van der Waals surface area contributed by atoms with Gasteiger partial charge in [0.25, 0.3) is 0 Å². The molecule has 1 unspecified atom stereocenters. The van der Waals surface area contributed by atoms with Gasteiger partial charge in [-0.05, 0) is 76.1 Å². The third kappa shape index (κ3) is 4.54. The highest BCUT2D eigenvalue weighted by molar-refractivity contribution is 6.06. The maximum Gasteiger partial charge on any atom is 0.339 e. The Kier molecular flexibility index (Phi) is 6.38. The maximum absolute atomic E-state index is 13.8. The fourth-order valence-corrected chi connectivity index (χ4v) is 5.50. The molecule has 0 amide bonds. The SMILES string of the molecule is COc1ccc(C=C2CC(C)Cc3c2nc2ccccc2c3C(=O)OCc2cccc3ccccc23)cc1. The largest absolute Gasteiger partial charge is 0.497 e. The Hall–Kier alpha value is -4.44. The Bertz CT molecular complexity index is 1680. The van der Waals surface area contributed by atoms with Crippen LogP contribution in [0.3, 0.4) is 0 Å². The molecule has 5 aromatic rings. The van der Waals surface area contributed by atoms with Gasteiger partial charge in [0, 0.05) is 5.39 Å².